The summed E-state index contributed by atoms with van der Waals surface area (Å²) >= 11 is 1.82. The topological polar surface area (TPSA) is 26.3 Å². The van der Waals surface area contributed by atoms with Crippen LogP contribution in [0.1, 0.15) is 28.8 Å². The van der Waals surface area contributed by atoms with Crippen LogP contribution in [-0.4, -0.2) is 24.7 Å². The summed E-state index contributed by atoms with van der Waals surface area (Å²) in [4.78, 5) is 11.9. The Kier molecular flexibility index (Phi) is 4.02. The lowest BCUT2D eigenvalue weighted by atomic mass is 10.2. The van der Waals surface area contributed by atoms with Gasteiger partial charge in [0, 0.05) is 22.8 Å². The molecule has 2 rings (SSSR count). The van der Waals surface area contributed by atoms with Crippen LogP contribution in [0.25, 0.3) is 0 Å². The van der Waals surface area contributed by atoms with Gasteiger partial charge in [-0.25, -0.2) is 0 Å². The number of aldehydes is 1. The van der Waals surface area contributed by atoms with Crippen LogP contribution in [0.15, 0.2) is 23.1 Å². The molecule has 0 bridgehead atoms. The predicted octanol–water partition coefficient (Wildman–Crippen LogP) is 3.08. The van der Waals surface area contributed by atoms with Crippen LogP contribution in [0.4, 0.5) is 0 Å². The van der Waals surface area contributed by atoms with E-state index in [2.05, 4.69) is 0 Å². The van der Waals surface area contributed by atoms with Gasteiger partial charge in [0.2, 0.25) is 0 Å². The van der Waals surface area contributed by atoms with Gasteiger partial charge in [-0.3, -0.25) is 4.79 Å². The highest BCUT2D eigenvalue weighted by molar-refractivity contribution is 7.99. The molecule has 1 fully saturated rings. The van der Waals surface area contributed by atoms with Gasteiger partial charge in [-0.15, -0.1) is 11.8 Å². The normalized spacial score (nSPS) is 19.9. The number of hydrogen-bond acceptors (Lipinski definition) is 3. The molecule has 16 heavy (non-hydrogen) atoms. The fraction of sp³-hybridized carbons (Fsp3) is 0.462. The Hall–Kier alpha value is -0.800. The van der Waals surface area contributed by atoms with Crippen LogP contribution in [0, 0.1) is 6.92 Å². The first-order chi connectivity index (χ1) is 7.79. The van der Waals surface area contributed by atoms with E-state index in [0.717, 1.165) is 24.2 Å². The van der Waals surface area contributed by atoms with Gasteiger partial charge >= 0.3 is 0 Å². The molecule has 0 spiro atoms. The van der Waals surface area contributed by atoms with E-state index < -0.39 is 0 Å². The molecule has 2 nitrogen and oxygen atoms in total. The first kappa shape index (κ1) is 11.7. The summed E-state index contributed by atoms with van der Waals surface area (Å²) in [5.74, 6) is 1.02. The molecule has 1 heterocycles. The molecular formula is C13H16O2S. The predicted molar refractivity (Wildman–Crippen MR) is 66.3 cm³/mol. The van der Waals surface area contributed by atoms with Crippen molar-refractivity contribution in [3.8, 4) is 0 Å². The van der Waals surface area contributed by atoms with Crippen molar-refractivity contribution >= 4 is 18.0 Å². The largest absolute Gasteiger partial charge is 0.377 e. The van der Waals surface area contributed by atoms with E-state index in [4.69, 9.17) is 4.74 Å². The van der Waals surface area contributed by atoms with Crippen LogP contribution < -0.4 is 0 Å². The van der Waals surface area contributed by atoms with Crippen molar-refractivity contribution in [1.82, 2.24) is 0 Å². The molecular weight excluding hydrogens is 220 g/mol. The summed E-state index contributed by atoms with van der Waals surface area (Å²) in [6, 6.07) is 5.83. The van der Waals surface area contributed by atoms with Crippen LogP contribution in [0.5, 0.6) is 0 Å². The second kappa shape index (κ2) is 5.51. The molecule has 0 aromatic heterocycles. The van der Waals surface area contributed by atoms with Crippen molar-refractivity contribution in [3.63, 3.8) is 0 Å². The van der Waals surface area contributed by atoms with E-state index in [1.807, 2.05) is 36.9 Å². The summed E-state index contributed by atoms with van der Waals surface area (Å²) in [6.45, 7) is 2.96. The number of rotatable bonds is 4. The number of hydrogen-bond donors (Lipinski definition) is 0. The van der Waals surface area contributed by atoms with E-state index in [-0.39, 0.29) is 0 Å². The van der Waals surface area contributed by atoms with E-state index in [9.17, 15) is 4.79 Å². The Bertz CT molecular complexity index is 370. The summed E-state index contributed by atoms with van der Waals surface area (Å²) < 4.78 is 5.58. The molecule has 0 N–H and O–H groups in total. The van der Waals surface area contributed by atoms with E-state index in [0.29, 0.717) is 6.10 Å². The fourth-order valence-corrected chi connectivity index (χ4v) is 2.95. The van der Waals surface area contributed by atoms with Crippen LogP contribution in [0.2, 0.25) is 0 Å². The van der Waals surface area contributed by atoms with E-state index in [1.165, 1.54) is 23.3 Å². The van der Waals surface area contributed by atoms with Gasteiger partial charge in [-0.05, 0) is 37.5 Å². The van der Waals surface area contributed by atoms with Gasteiger partial charge in [0.25, 0.3) is 0 Å². The van der Waals surface area contributed by atoms with Crippen molar-refractivity contribution in [2.24, 2.45) is 0 Å². The average molecular weight is 236 g/mol. The van der Waals surface area contributed by atoms with Crippen molar-refractivity contribution in [3.05, 3.63) is 29.3 Å². The standard InChI is InChI=1S/C13H16O2S/c1-10-7-11(8-14)4-5-13(10)16-9-12-3-2-6-15-12/h4-5,7-8,12H,2-3,6,9H2,1H3. The highest BCUT2D eigenvalue weighted by atomic mass is 32.2. The summed E-state index contributed by atoms with van der Waals surface area (Å²) in [7, 11) is 0. The van der Waals surface area contributed by atoms with Crippen molar-refractivity contribution in [2.75, 3.05) is 12.4 Å². The van der Waals surface area contributed by atoms with E-state index in [1.54, 1.807) is 0 Å². The van der Waals surface area contributed by atoms with Crippen LogP contribution in [0.3, 0.4) is 0 Å². The average Bonchev–Trinajstić information content (AvgIpc) is 2.80. The third-order valence-corrected chi connectivity index (χ3v) is 4.09. The summed E-state index contributed by atoms with van der Waals surface area (Å²) in [5.41, 5.74) is 1.92. The quantitative estimate of drug-likeness (QED) is 0.593. The lowest BCUT2D eigenvalue weighted by molar-refractivity contribution is 0.112. The molecule has 1 atom stereocenters. The Morgan fingerprint density at radius 1 is 1.56 bits per heavy atom. The SMILES string of the molecule is Cc1cc(C=O)ccc1SCC1CCCO1. The molecule has 86 valence electrons. The zero-order valence-electron chi connectivity index (χ0n) is 9.44. The Balaban J connectivity index is 1.95. The highest BCUT2D eigenvalue weighted by Gasteiger charge is 2.15. The highest BCUT2D eigenvalue weighted by Crippen LogP contribution is 2.26. The zero-order valence-corrected chi connectivity index (χ0v) is 10.3. The molecule has 1 aliphatic heterocycles. The van der Waals surface area contributed by atoms with Crippen LogP contribution in [-0.2, 0) is 4.74 Å². The molecule has 1 aliphatic rings. The zero-order chi connectivity index (χ0) is 11.4. The summed E-state index contributed by atoms with van der Waals surface area (Å²) in [5, 5.41) is 0. The second-order valence-electron chi connectivity index (χ2n) is 4.09. The number of thioether (sulfide) groups is 1. The molecule has 1 aromatic carbocycles. The number of carbonyl (C=O) groups excluding carboxylic acids is 1. The molecule has 3 heteroatoms. The smallest absolute Gasteiger partial charge is 0.150 e. The molecule has 1 aromatic rings. The van der Waals surface area contributed by atoms with Gasteiger partial charge in [0.05, 0.1) is 6.10 Å². The lowest BCUT2D eigenvalue weighted by Gasteiger charge is -2.10. The van der Waals surface area contributed by atoms with Crippen molar-refractivity contribution in [1.29, 1.82) is 0 Å². The lowest BCUT2D eigenvalue weighted by Crippen LogP contribution is -2.07. The van der Waals surface area contributed by atoms with Gasteiger partial charge in [0.1, 0.15) is 6.29 Å². The minimum atomic E-state index is 0.412. The van der Waals surface area contributed by atoms with Gasteiger partial charge < -0.3 is 4.74 Å². The molecule has 0 aliphatic carbocycles. The van der Waals surface area contributed by atoms with Gasteiger partial charge in [0.15, 0.2) is 0 Å². The maximum Gasteiger partial charge on any atom is 0.150 e. The molecule has 0 amide bonds. The number of aryl methyl sites for hydroxylation is 1. The molecule has 1 saturated heterocycles. The fourth-order valence-electron chi connectivity index (χ4n) is 1.87. The van der Waals surface area contributed by atoms with Crippen LogP contribution >= 0.6 is 11.8 Å². The first-order valence-electron chi connectivity index (χ1n) is 5.60. The van der Waals surface area contributed by atoms with E-state index >= 15 is 0 Å². The minimum absolute atomic E-state index is 0.412. The molecule has 0 radical (unpaired) electrons. The Morgan fingerprint density at radius 3 is 3.06 bits per heavy atom. The van der Waals surface area contributed by atoms with Crippen molar-refractivity contribution in [2.45, 2.75) is 30.8 Å². The third-order valence-electron chi connectivity index (χ3n) is 2.78. The maximum atomic E-state index is 10.6. The number of benzene rings is 1. The third kappa shape index (κ3) is 2.86. The number of carbonyl (C=O) groups is 1. The monoisotopic (exact) mass is 236 g/mol. The second-order valence-corrected chi connectivity index (χ2v) is 5.15. The van der Waals surface area contributed by atoms with Gasteiger partial charge in [-0.1, -0.05) is 6.07 Å². The first-order valence-corrected chi connectivity index (χ1v) is 6.58. The number of ether oxygens (including phenoxy) is 1. The molecule has 1 unspecified atom stereocenters. The van der Waals surface area contributed by atoms with Gasteiger partial charge in [-0.2, -0.15) is 0 Å². The van der Waals surface area contributed by atoms with Crippen molar-refractivity contribution < 1.29 is 9.53 Å². The Morgan fingerprint density at radius 2 is 2.44 bits per heavy atom. The Labute approximate surface area is 100 Å². The minimum Gasteiger partial charge on any atom is -0.377 e. The molecule has 0 saturated carbocycles. The maximum absolute atomic E-state index is 10.6. The summed E-state index contributed by atoms with van der Waals surface area (Å²) in [6.07, 6.45) is 3.67.